The smallest absolute Gasteiger partial charge is 0.213 e. The van der Waals surface area contributed by atoms with E-state index in [9.17, 15) is 9.46 Å². The highest BCUT2D eigenvalue weighted by Gasteiger charge is 2.11. The molecule has 0 saturated heterocycles. The van der Waals surface area contributed by atoms with Crippen LogP contribution in [0.5, 0.6) is 0 Å². The van der Waals surface area contributed by atoms with Crippen LogP contribution in [0.3, 0.4) is 0 Å². The highest BCUT2D eigenvalue weighted by atomic mass is 31.1. The van der Waals surface area contributed by atoms with Crippen molar-refractivity contribution in [1.82, 2.24) is 0 Å². The van der Waals surface area contributed by atoms with E-state index in [0.717, 1.165) is 5.30 Å². The van der Waals surface area contributed by atoms with Crippen LogP contribution in [0, 0.1) is 0 Å². The molecule has 0 amide bonds. The van der Waals surface area contributed by atoms with E-state index < -0.39 is 23.9 Å². The summed E-state index contributed by atoms with van der Waals surface area (Å²) in [6, 6.07) is 9.64. The van der Waals surface area contributed by atoms with Gasteiger partial charge in [-0.2, -0.15) is 4.89 Å². The van der Waals surface area contributed by atoms with Gasteiger partial charge in [-0.25, -0.2) is 0 Å². The van der Waals surface area contributed by atoms with Crippen molar-refractivity contribution >= 4 is 35.0 Å². The largest absolute Gasteiger partial charge is 0.603 e. The van der Waals surface area contributed by atoms with Crippen LogP contribution in [0.1, 0.15) is 0 Å². The third-order valence-corrected chi connectivity index (χ3v) is 6.47. The first-order valence-corrected chi connectivity index (χ1v) is 9.65. The first-order chi connectivity index (χ1) is 8.09. The van der Waals surface area contributed by atoms with Gasteiger partial charge in [0.1, 0.15) is 5.80 Å². The Bertz CT molecular complexity index is 390. The van der Waals surface area contributed by atoms with Crippen molar-refractivity contribution in [2.45, 2.75) is 0 Å². The summed E-state index contributed by atoms with van der Waals surface area (Å²) in [5.41, 5.74) is 0. The standard InChI is InChI=1S/C10H15O4P3/c11-16(12)8-6-15(7-9-17(13)14)10-4-2-1-3-5-10/h1-5,8,17H,6-7,9H2,(H,11,12)(H,13,14). The Hall–Kier alpha value is -0.0700. The predicted octanol–water partition coefficient (Wildman–Crippen LogP) is 0.727. The van der Waals surface area contributed by atoms with Gasteiger partial charge in [-0.3, -0.25) is 4.57 Å². The Labute approximate surface area is 103 Å². The van der Waals surface area contributed by atoms with Crippen molar-refractivity contribution in [1.29, 1.82) is 0 Å². The maximum Gasteiger partial charge on any atom is 0.213 e. The molecule has 0 heterocycles. The normalized spacial score (nSPS) is 15.6. The molecule has 3 atom stereocenters. The lowest BCUT2D eigenvalue weighted by Gasteiger charge is -2.14. The maximum atomic E-state index is 10.8. The third-order valence-electron chi connectivity index (χ3n) is 2.18. The molecular formula is C10H15O4P3. The maximum absolute atomic E-state index is 10.8. The molecule has 3 unspecified atom stereocenters. The molecule has 0 aliphatic heterocycles. The highest BCUT2D eigenvalue weighted by molar-refractivity contribution is 7.68. The highest BCUT2D eigenvalue weighted by Crippen LogP contribution is 2.36. The zero-order chi connectivity index (χ0) is 12.7. The third kappa shape index (κ3) is 6.43. The monoisotopic (exact) mass is 292 g/mol. The predicted molar refractivity (Wildman–Crippen MR) is 74.0 cm³/mol. The SMILES string of the molecule is O=[PH](O)CCP(C/C=[P+](\[O-])O)c1ccccc1. The first kappa shape index (κ1) is 15.0. The van der Waals surface area contributed by atoms with Gasteiger partial charge in [0, 0.05) is 12.3 Å². The van der Waals surface area contributed by atoms with Crippen LogP contribution < -0.4 is 10.2 Å². The van der Waals surface area contributed by atoms with Gasteiger partial charge >= 0.3 is 0 Å². The Morgan fingerprint density at radius 1 is 1.41 bits per heavy atom. The molecule has 0 spiro atoms. The average Bonchev–Trinajstić information content (AvgIpc) is 2.29. The van der Waals surface area contributed by atoms with Crippen LogP contribution >= 0.6 is 23.9 Å². The molecule has 4 nitrogen and oxygen atoms in total. The van der Waals surface area contributed by atoms with E-state index in [1.165, 1.54) is 5.80 Å². The second-order valence-corrected chi connectivity index (χ2v) is 8.08. The molecule has 1 aromatic carbocycles. The zero-order valence-corrected chi connectivity index (χ0v) is 12.0. The minimum Gasteiger partial charge on any atom is -0.603 e. The number of benzene rings is 1. The Morgan fingerprint density at radius 3 is 2.59 bits per heavy atom. The van der Waals surface area contributed by atoms with E-state index in [0.29, 0.717) is 12.3 Å². The van der Waals surface area contributed by atoms with Crippen LogP contribution in [0.4, 0.5) is 0 Å². The first-order valence-electron chi connectivity index (χ1n) is 5.10. The molecule has 94 valence electrons. The number of rotatable bonds is 6. The average molecular weight is 292 g/mol. The molecule has 17 heavy (non-hydrogen) atoms. The van der Waals surface area contributed by atoms with Crippen molar-refractivity contribution in [3.63, 3.8) is 0 Å². The fraction of sp³-hybridized carbons (Fsp3) is 0.300. The summed E-state index contributed by atoms with van der Waals surface area (Å²) in [7, 11) is -5.35. The molecule has 7 heteroatoms. The molecule has 0 saturated carbocycles. The fourth-order valence-electron chi connectivity index (χ4n) is 1.36. The van der Waals surface area contributed by atoms with Gasteiger partial charge in [0.15, 0.2) is 8.03 Å². The van der Waals surface area contributed by atoms with Gasteiger partial charge in [0.25, 0.3) is 0 Å². The van der Waals surface area contributed by atoms with E-state index in [1.54, 1.807) is 0 Å². The molecular weight excluding hydrogens is 277 g/mol. The second kappa shape index (κ2) is 8.11. The Kier molecular flexibility index (Phi) is 7.15. The van der Waals surface area contributed by atoms with Gasteiger partial charge < -0.3 is 9.79 Å². The van der Waals surface area contributed by atoms with Crippen molar-refractivity contribution in [2.24, 2.45) is 0 Å². The van der Waals surface area contributed by atoms with Crippen molar-refractivity contribution < 1.29 is 19.2 Å². The van der Waals surface area contributed by atoms with Gasteiger partial charge in [-0.05, 0) is 11.5 Å². The Morgan fingerprint density at radius 2 is 2.06 bits per heavy atom. The van der Waals surface area contributed by atoms with Crippen LogP contribution in [-0.2, 0) is 4.57 Å². The molecule has 1 rings (SSSR count). The molecule has 0 aliphatic carbocycles. The molecule has 2 N–H and O–H groups in total. The van der Waals surface area contributed by atoms with Gasteiger partial charge in [-0.1, -0.05) is 38.3 Å². The van der Waals surface area contributed by atoms with Gasteiger partial charge in [0.2, 0.25) is 8.00 Å². The molecule has 1 aromatic rings. The van der Waals surface area contributed by atoms with Crippen LogP contribution in [0.2, 0.25) is 0 Å². The van der Waals surface area contributed by atoms with Crippen LogP contribution in [-0.4, -0.2) is 34.1 Å². The summed E-state index contributed by atoms with van der Waals surface area (Å²) in [4.78, 5) is 28.3. The van der Waals surface area contributed by atoms with Gasteiger partial charge in [0.05, 0.1) is 0 Å². The van der Waals surface area contributed by atoms with Crippen molar-refractivity contribution in [3.8, 4) is 0 Å². The summed E-state index contributed by atoms with van der Waals surface area (Å²) >= 11 is 0. The molecule has 0 aromatic heterocycles. The lowest BCUT2D eigenvalue weighted by Crippen LogP contribution is -2.08. The summed E-state index contributed by atoms with van der Waals surface area (Å²) < 4.78 is 10.8. The minimum absolute atomic E-state index is 0.279. The second-order valence-electron chi connectivity index (χ2n) is 3.41. The van der Waals surface area contributed by atoms with E-state index in [2.05, 4.69) is 0 Å². The Balaban J connectivity index is 2.72. The quantitative estimate of drug-likeness (QED) is 0.757. The summed E-state index contributed by atoms with van der Waals surface area (Å²) in [5.74, 6) is 1.38. The topological polar surface area (TPSA) is 80.6 Å². The number of hydrogen-bond donors (Lipinski definition) is 2. The summed E-state index contributed by atoms with van der Waals surface area (Å²) in [6.45, 7) is 0. The van der Waals surface area contributed by atoms with Crippen LogP contribution in [0.15, 0.2) is 30.3 Å². The van der Waals surface area contributed by atoms with Crippen LogP contribution in [0.25, 0.3) is 0 Å². The lowest BCUT2D eigenvalue weighted by atomic mass is 10.4. The molecule has 0 bridgehead atoms. The van der Waals surface area contributed by atoms with E-state index in [-0.39, 0.29) is 6.16 Å². The lowest BCUT2D eigenvalue weighted by molar-refractivity contribution is -0.167. The van der Waals surface area contributed by atoms with Gasteiger partial charge in [-0.15, -0.1) is 0 Å². The minimum atomic E-state index is -2.46. The van der Waals surface area contributed by atoms with E-state index in [4.69, 9.17) is 9.79 Å². The van der Waals surface area contributed by atoms with E-state index >= 15 is 0 Å². The zero-order valence-electron chi connectivity index (χ0n) is 9.19. The number of hydrogen-bond acceptors (Lipinski definition) is 3. The molecule has 0 fully saturated rings. The summed E-state index contributed by atoms with van der Waals surface area (Å²) in [6.07, 6.45) is 1.41. The fourth-order valence-corrected chi connectivity index (χ4v) is 5.80. The van der Waals surface area contributed by atoms with Crippen molar-refractivity contribution in [3.05, 3.63) is 30.3 Å². The molecule has 0 aliphatic rings. The molecule has 0 radical (unpaired) electrons. The summed E-state index contributed by atoms with van der Waals surface area (Å²) in [5, 5.41) is 1.10. The van der Waals surface area contributed by atoms with Crippen molar-refractivity contribution in [2.75, 3.05) is 18.5 Å². The van der Waals surface area contributed by atoms with E-state index in [1.807, 2.05) is 30.3 Å².